The number of anilines is 1. The van der Waals surface area contributed by atoms with Gasteiger partial charge in [-0.25, -0.2) is 14.4 Å². The Bertz CT molecular complexity index is 622. The molecule has 1 aromatic carbocycles. The number of urea groups is 2. The van der Waals surface area contributed by atoms with Gasteiger partial charge >= 0.3 is 24.0 Å². The summed E-state index contributed by atoms with van der Waals surface area (Å²) in [5.41, 5.74) is 0.660. The van der Waals surface area contributed by atoms with Crippen molar-refractivity contribution in [2.45, 2.75) is 25.3 Å². The number of unbranched alkanes of at least 4 members (excludes halogenated alkanes) is 1. The Balaban J connectivity index is 2.22. The topological polar surface area (TPSA) is 157 Å². The Morgan fingerprint density at radius 3 is 2.23 bits per heavy atom. The van der Waals surface area contributed by atoms with Crippen LogP contribution in [-0.2, 0) is 9.59 Å². The minimum absolute atomic E-state index is 0.151. The number of rotatable bonds is 10. The number of carboxylic acids is 2. The fraction of sp³-hybridized carbons (Fsp3) is 0.375. The normalized spacial score (nSPS) is 11.1. The van der Waals surface area contributed by atoms with Crippen LogP contribution in [0.2, 0.25) is 0 Å². The second-order valence-electron chi connectivity index (χ2n) is 5.35. The van der Waals surface area contributed by atoms with E-state index in [1.807, 2.05) is 11.4 Å². The van der Waals surface area contributed by atoms with Crippen LogP contribution in [0.15, 0.2) is 30.3 Å². The van der Waals surface area contributed by atoms with Gasteiger partial charge in [-0.3, -0.25) is 4.79 Å². The number of hydrogen-bond donors (Lipinski definition) is 6. The summed E-state index contributed by atoms with van der Waals surface area (Å²) >= 11 is 0. The van der Waals surface area contributed by atoms with Gasteiger partial charge in [0.25, 0.3) is 0 Å². The second kappa shape index (κ2) is 11.3. The molecule has 0 aliphatic rings. The molecule has 1 atom stereocenters. The average Bonchev–Trinajstić information content (AvgIpc) is 2.59. The average molecular weight is 366 g/mol. The first-order valence-corrected chi connectivity index (χ1v) is 7.97. The molecular formula is C16H22N4O6. The summed E-state index contributed by atoms with van der Waals surface area (Å²) in [6.45, 7) is -0.255. The number of carbonyl (C=O) groups excluding carboxylic acids is 2. The lowest BCUT2D eigenvalue weighted by molar-refractivity contribution is -0.139. The van der Waals surface area contributed by atoms with Crippen LogP contribution in [0.4, 0.5) is 15.3 Å². The van der Waals surface area contributed by atoms with E-state index >= 15 is 0 Å². The van der Waals surface area contributed by atoms with Crippen LogP contribution in [0.3, 0.4) is 0 Å². The molecule has 26 heavy (non-hydrogen) atoms. The molecule has 0 fully saturated rings. The lowest BCUT2D eigenvalue weighted by Crippen LogP contribution is -2.47. The van der Waals surface area contributed by atoms with Crippen molar-refractivity contribution in [3.8, 4) is 0 Å². The van der Waals surface area contributed by atoms with Gasteiger partial charge in [-0.15, -0.1) is 0 Å². The summed E-state index contributed by atoms with van der Waals surface area (Å²) in [5, 5.41) is 27.0. The van der Waals surface area contributed by atoms with Crippen molar-refractivity contribution in [3.63, 3.8) is 0 Å². The molecule has 0 aliphatic heterocycles. The van der Waals surface area contributed by atoms with E-state index < -0.39 is 30.6 Å². The van der Waals surface area contributed by atoms with Crippen molar-refractivity contribution >= 4 is 29.7 Å². The van der Waals surface area contributed by atoms with Crippen LogP contribution in [-0.4, -0.2) is 53.3 Å². The standard InChI is InChI=1S/C16H22N4O6/c21-13(22)10-18-16(26)20-12(14(23)24)8-4-5-9-17-15(25)19-11-6-2-1-3-7-11/h1-3,6-7,12H,4-5,8-10H2,(H,21,22)(H,23,24)(H2,17,19,25)(H2,18,20,26). The van der Waals surface area contributed by atoms with Crippen LogP contribution in [0.5, 0.6) is 0 Å². The van der Waals surface area contributed by atoms with Gasteiger partial charge in [0, 0.05) is 12.2 Å². The molecule has 1 unspecified atom stereocenters. The summed E-state index contributed by atoms with van der Waals surface area (Å²) in [6.07, 6.45) is 1.12. The summed E-state index contributed by atoms with van der Waals surface area (Å²) < 4.78 is 0. The number of amides is 4. The van der Waals surface area contributed by atoms with Crippen molar-refractivity contribution in [1.29, 1.82) is 0 Å². The maximum absolute atomic E-state index is 11.7. The Morgan fingerprint density at radius 1 is 0.923 bits per heavy atom. The Hall–Kier alpha value is -3.30. The lowest BCUT2D eigenvalue weighted by atomic mass is 10.1. The summed E-state index contributed by atoms with van der Waals surface area (Å²) in [4.78, 5) is 44.5. The molecule has 10 nitrogen and oxygen atoms in total. The van der Waals surface area contributed by atoms with E-state index in [1.165, 1.54) is 0 Å². The second-order valence-corrected chi connectivity index (χ2v) is 5.35. The Morgan fingerprint density at radius 2 is 1.62 bits per heavy atom. The maximum Gasteiger partial charge on any atom is 0.326 e. The van der Waals surface area contributed by atoms with Gasteiger partial charge in [0.2, 0.25) is 0 Å². The quantitative estimate of drug-likeness (QED) is 0.337. The van der Waals surface area contributed by atoms with Gasteiger partial charge in [0.05, 0.1) is 0 Å². The molecule has 1 aromatic rings. The predicted molar refractivity (Wildman–Crippen MR) is 92.9 cm³/mol. The monoisotopic (exact) mass is 366 g/mol. The van der Waals surface area contributed by atoms with Crippen LogP contribution in [0.25, 0.3) is 0 Å². The van der Waals surface area contributed by atoms with Crippen molar-refractivity contribution in [2.24, 2.45) is 0 Å². The van der Waals surface area contributed by atoms with Crippen LogP contribution < -0.4 is 21.3 Å². The first-order valence-electron chi connectivity index (χ1n) is 7.97. The predicted octanol–water partition coefficient (Wildman–Crippen LogP) is 0.815. The fourth-order valence-electron chi connectivity index (χ4n) is 1.99. The van der Waals surface area contributed by atoms with Crippen LogP contribution in [0.1, 0.15) is 19.3 Å². The highest BCUT2D eigenvalue weighted by molar-refractivity contribution is 5.89. The molecule has 0 radical (unpaired) electrons. The molecule has 0 saturated heterocycles. The van der Waals surface area contributed by atoms with Gasteiger partial charge in [-0.05, 0) is 31.4 Å². The molecule has 6 N–H and O–H groups in total. The van der Waals surface area contributed by atoms with Crippen molar-refractivity contribution in [3.05, 3.63) is 30.3 Å². The molecule has 10 heteroatoms. The fourth-order valence-corrected chi connectivity index (χ4v) is 1.99. The molecule has 0 aromatic heterocycles. The summed E-state index contributed by atoms with van der Waals surface area (Å²) in [7, 11) is 0. The third kappa shape index (κ3) is 9.11. The zero-order chi connectivity index (χ0) is 19.4. The lowest BCUT2D eigenvalue weighted by Gasteiger charge is -2.14. The number of benzene rings is 1. The van der Waals surface area contributed by atoms with Crippen molar-refractivity contribution < 1.29 is 29.4 Å². The summed E-state index contributed by atoms with van der Waals surface area (Å²) in [6, 6.07) is 6.55. The first-order chi connectivity index (χ1) is 12.4. The third-order valence-electron chi connectivity index (χ3n) is 3.24. The molecule has 1 rings (SSSR count). The van der Waals surface area contributed by atoms with Crippen molar-refractivity contribution in [1.82, 2.24) is 16.0 Å². The molecule has 0 heterocycles. The van der Waals surface area contributed by atoms with Gasteiger partial charge < -0.3 is 31.5 Å². The maximum atomic E-state index is 11.7. The van der Waals surface area contributed by atoms with E-state index in [0.29, 0.717) is 25.1 Å². The molecule has 142 valence electrons. The number of carbonyl (C=O) groups is 4. The minimum Gasteiger partial charge on any atom is -0.480 e. The molecule has 0 spiro atoms. The number of hydrogen-bond acceptors (Lipinski definition) is 4. The Kier molecular flexibility index (Phi) is 9.01. The minimum atomic E-state index is -1.23. The number of carboxylic acid groups (broad SMARTS) is 2. The molecular weight excluding hydrogens is 344 g/mol. The molecule has 4 amide bonds. The van der Waals surface area contributed by atoms with Crippen LogP contribution in [0, 0.1) is 0 Å². The van der Waals surface area contributed by atoms with Crippen LogP contribution >= 0.6 is 0 Å². The molecule has 0 aliphatic carbocycles. The molecule has 0 bridgehead atoms. The van der Waals surface area contributed by atoms with Crippen molar-refractivity contribution in [2.75, 3.05) is 18.4 Å². The zero-order valence-electron chi connectivity index (χ0n) is 14.0. The van der Waals surface area contributed by atoms with E-state index in [9.17, 15) is 19.2 Å². The highest BCUT2D eigenvalue weighted by Crippen LogP contribution is 2.04. The SMILES string of the molecule is O=C(O)CNC(=O)NC(CCCCNC(=O)Nc1ccccc1)C(=O)O. The highest BCUT2D eigenvalue weighted by Gasteiger charge is 2.19. The third-order valence-corrected chi connectivity index (χ3v) is 3.24. The first kappa shape index (κ1) is 20.7. The largest absolute Gasteiger partial charge is 0.480 e. The summed E-state index contributed by atoms with van der Waals surface area (Å²) in [5.74, 6) is -2.45. The highest BCUT2D eigenvalue weighted by atomic mass is 16.4. The number of nitrogens with one attached hydrogen (secondary N) is 4. The number of para-hydroxylation sites is 1. The van der Waals surface area contributed by atoms with E-state index in [4.69, 9.17) is 10.2 Å². The van der Waals surface area contributed by atoms with E-state index in [0.717, 1.165) is 0 Å². The zero-order valence-corrected chi connectivity index (χ0v) is 14.0. The van der Waals surface area contributed by atoms with Gasteiger partial charge in [0.1, 0.15) is 12.6 Å². The van der Waals surface area contributed by atoms with E-state index in [-0.39, 0.29) is 12.5 Å². The smallest absolute Gasteiger partial charge is 0.326 e. The van der Waals surface area contributed by atoms with E-state index in [2.05, 4.69) is 16.0 Å². The van der Waals surface area contributed by atoms with Gasteiger partial charge in [-0.1, -0.05) is 18.2 Å². The van der Waals surface area contributed by atoms with E-state index in [1.54, 1.807) is 24.3 Å². The molecule has 0 saturated carbocycles. The number of aliphatic carboxylic acids is 2. The van der Waals surface area contributed by atoms with Gasteiger partial charge in [0.15, 0.2) is 0 Å². The Labute approximate surface area is 150 Å². The van der Waals surface area contributed by atoms with Gasteiger partial charge in [-0.2, -0.15) is 0 Å².